The lowest BCUT2D eigenvalue weighted by molar-refractivity contribution is 0.587. The standard InChI is InChI=1S/C18H17FN4O2S/c19-16-9-18(12-20-11-16)23-13-15(10-21-23)14-1-3-17(4-2-14)22-5-7-26(24,25)8-6-22/h1-4,9-13H,5-8H2. The van der Waals surface area contributed by atoms with Crippen LogP contribution in [0.5, 0.6) is 0 Å². The van der Waals surface area contributed by atoms with Crippen LogP contribution in [0.1, 0.15) is 0 Å². The van der Waals surface area contributed by atoms with Crippen LogP contribution in [0.4, 0.5) is 10.1 Å². The zero-order valence-electron chi connectivity index (χ0n) is 13.9. The minimum absolute atomic E-state index is 0.198. The summed E-state index contributed by atoms with van der Waals surface area (Å²) in [4.78, 5) is 5.91. The molecule has 1 saturated heterocycles. The van der Waals surface area contributed by atoms with Gasteiger partial charge in [0, 0.05) is 36.6 Å². The van der Waals surface area contributed by atoms with E-state index in [2.05, 4.69) is 15.0 Å². The smallest absolute Gasteiger partial charge is 0.153 e. The molecule has 8 heteroatoms. The fourth-order valence-corrected chi connectivity index (χ4v) is 4.18. The Morgan fingerprint density at radius 2 is 1.65 bits per heavy atom. The highest BCUT2D eigenvalue weighted by Crippen LogP contribution is 2.24. The van der Waals surface area contributed by atoms with Crippen LogP contribution in [0.15, 0.2) is 55.1 Å². The van der Waals surface area contributed by atoms with E-state index < -0.39 is 15.7 Å². The average molecular weight is 372 g/mol. The SMILES string of the molecule is O=S1(=O)CCN(c2ccc(-c3cnn(-c4cncc(F)c4)c3)cc2)CC1. The maximum absolute atomic E-state index is 13.3. The van der Waals surface area contributed by atoms with Gasteiger partial charge in [0.15, 0.2) is 9.84 Å². The highest BCUT2D eigenvalue weighted by molar-refractivity contribution is 7.91. The summed E-state index contributed by atoms with van der Waals surface area (Å²) in [5.41, 5.74) is 3.45. The first-order valence-corrected chi connectivity index (χ1v) is 10.0. The molecule has 3 aromatic rings. The normalized spacial score (nSPS) is 16.6. The molecule has 0 aliphatic carbocycles. The molecule has 0 N–H and O–H groups in total. The van der Waals surface area contributed by atoms with Gasteiger partial charge in [-0.3, -0.25) is 4.98 Å². The van der Waals surface area contributed by atoms with Crippen LogP contribution in [0.2, 0.25) is 0 Å². The Balaban J connectivity index is 1.53. The lowest BCUT2D eigenvalue weighted by Crippen LogP contribution is -2.40. The van der Waals surface area contributed by atoms with Gasteiger partial charge < -0.3 is 4.90 Å². The first kappa shape index (κ1) is 16.7. The van der Waals surface area contributed by atoms with E-state index in [1.807, 2.05) is 30.5 Å². The lowest BCUT2D eigenvalue weighted by Gasteiger charge is -2.28. The Morgan fingerprint density at radius 1 is 0.923 bits per heavy atom. The first-order chi connectivity index (χ1) is 12.5. The van der Waals surface area contributed by atoms with Crippen LogP contribution in [0.3, 0.4) is 0 Å². The first-order valence-electron chi connectivity index (χ1n) is 8.22. The fraction of sp³-hybridized carbons (Fsp3) is 0.222. The van der Waals surface area contributed by atoms with Crippen molar-refractivity contribution in [3.05, 3.63) is 60.9 Å². The molecule has 0 spiro atoms. The number of pyridine rings is 1. The highest BCUT2D eigenvalue weighted by Gasteiger charge is 2.21. The lowest BCUT2D eigenvalue weighted by atomic mass is 10.1. The van der Waals surface area contributed by atoms with Gasteiger partial charge >= 0.3 is 0 Å². The van der Waals surface area contributed by atoms with Crippen LogP contribution in [-0.4, -0.2) is 47.8 Å². The maximum atomic E-state index is 13.3. The molecule has 0 radical (unpaired) electrons. The van der Waals surface area contributed by atoms with Gasteiger partial charge in [-0.1, -0.05) is 12.1 Å². The topological polar surface area (TPSA) is 68.1 Å². The van der Waals surface area contributed by atoms with Crippen molar-refractivity contribution in [1.29, 1.82) is 0 Å². The molecule has 6 nitrogen and oxygen atoms in total. The summed E-state index contributed by atoms with van der Waals surface area (Å²) in [5, 5.41) is 4.27. The summed E-state index contributed by atoms with van der Waals surface area (Å²) in [6.45, 7) is 1.04. The summed E-state index contributed by atoms with van der Waals surface area (Å²) in [7, 11) is -2.89. The van der Waals surface area contributed by atoms with Gasteiger partial charge in [0.2, 0.25) is 0 Å². The Kier molecular flexibility index (Phi) is 4.20. The number of rotatable bonds is 3. The third-order valence-electron chi connectivity index (χ3n) is 4.45. The summed E-state index contributed by atoms with van der Waals surface area (Å²) in [5.74, 6) is -0.0145. The zero-order valence-corrected chi connectivity index (χ0v) is 14.7. The van der Waals surface area contributed by atoms with Crippen molar-refractivity contribution in [2.24, 2.45) is 0 Å². The van der Waals surface area contributed by atoms with Gasteiger partial charge in [-0.15, -0.1) is 0 Å². The number of halogens is 1. The fourth-order valence-electron chi connectivity index (χ4n) is 2.97. The second kappa shape index (κ2) is 6.53. The number of anilines is 1. The van der Waals surface area contributed by atoms with Gasteiger partial charge in [0.05, 0.1) is 35.8 Å². The Labute approximate surface area is 150 Å². The van der Waals surface area contributed by atoms with E-state index >= 15 is 0 Å². The predicted molar refractivity (Wildman–Crippen MR) is 97.6 cm³/mol. The summed E-state index contributed by atoms with van der Waals surface area (Å²) >= 11 is 0. The molecule has 1 fully saturated rings. The molecule has 4 rings (SSSR count). The molecule has 0 unspecified atom stereocenters. The van der Waals surface area contributed by atoms with E-state index in [1.54, 1.807) is 17.1 Å². The Hall–Kier alpha value is -2.74. The molecule has 1 aliphatic rings. The average Bonchev–Trinajstić information content (AvgIpc) is 3.12. The largest absolute Gasteiger partial charge is 0.369 e. The highest BCUT2D eigenvalue weighted by atomic mass is 32.2. The van der Waals surface area contributed by atoms with Crippen molar-refractivity contribution in [3.63, 3.8) is 0 Å². The minimum Gasteiger partial charge on any atom is -0.369 e. The molecule has 1 aliphatic heterocycles. The number of sulfone groups is 1. The third kappa shape index (κ3) is 3.45. The van der Waals surface area contributed by atoms with E-state index in [9.17, 15) is 12.8 Å². The second-order valence-electron chi connectivity index (χ2n) is 6.22. The quantitative estimate of drug-likeness (QED) is 0.706. The van der Waals surface area contributed by atoms with Gasteiger partial charge in [-0.25, -0.2) is 17.5 Å². The van der Waals surface area contributed by atoms with Gasteiger partial charge in [-0.05, 0) is 17.7 Å². The van der Waals surface area contributed by atoms with Crippen molar-refractivity contribution >= 4 is 15.5 Å². The van der Waals surface area contributed by atoms with Crippen molar-refractivity contribution in [2.45, 2.75) is 0 Å². The molecule has 26 heavy (non-hydrogen) atoms. The van der Waals surface area contributed by atoms with Crippen LogP contribution >= 0.6 is 0 Å². The second-order valence-corrected chi connectivity index (χ2v) is 8.52. The van der Waals surface area contributed by atoms with E-state index in [1.165, 1.54) is 6.07 Å². The molecule has 0 bridgehead atoms. The van der Waals surface area contributed by atoms with Crippen LogP contribution in [0.25, 0.3) is 16.8 Å². The van der Waals surface area contributed by atoms with Gasteiger partial charge in [-0.2, -0.15) is 5.10 Å². The van der Waals surface area contributed by atoms with E-state index in [4.69, 9.17) is 0 Å². The number of hydrogen-bond acceptors (Lipinski definition) is 5. The van der Waals surface area contributed by atoms with Crippen molar-refractivity contribution in [2.75, 3.05) is 29.5 Å². The van der Waals surface area contributed by atoms with Crippen LogP contribution in [0, 0.1) is 5.82 Å². The molecule has 0 saturated carbocycles. The minimum atomic E-state index is -2.89. The molecule has 0 atom stereocenters. The van der Waals surface area contributed by atoms with Gasteiger partial charge in [0.25, 0.3) is 0 Å². The van der Waals surface area contributed by atoms with E-state index in [-0.39, 0.29) is 11.5 Å². The molecule has 2 aromatic heterocycles. The monoisotopic (exact) mass is 372 g/mol. The third-order valence-corrected chi connectivity index (χ3v) is 6.06. The molecular formula is C18H17FN4O2S. The molecule has 3 heterocycles. The van der Waals surface area contributed by atoms with E-state index in [0.29, 0.717) is 18.8 Å². The molecular weight excluding hydrogens is 355 g/mol. The van der Waals surface area contributed by atoms with Gasteiger partial charge in [0.1, 0.15) is 5.82 Å². The number of nitrogens with zero attached hydrogens (tertiary/aromatic N) is 4. The predicted octanol–water partition coefficient (Wildman–Crippen LogP) is 2.31. The number of aromatic nitrogens is 3. The van der Waals surface area contributed by atoms with Crippen LogP contribution < -0.4 is 4.90 Å². The summed E-state index contributed by atoms with van der Waals surface area (Å²) < 4.78 is 38.0. The van der Waals surface area contributed by atoms with Crippen molar-refractivity contribution in [1.82, 2.24) is 14.8 Å². The molecule has 0 amide bonds. The zero-order chi connectivity index (χ0) is 18.1. The Morgan fingerprint density at radius 3 is 2.35 bits per heavy atom. The van der Waals surface area contributed by atoms with Crippen LogP contribution in [-0.2, 0) is 9.84 Å². The molecule has 1 aromatic carbocycles. The summed E-state index contributed by atoms with van der Waals surface area (Å²) in [6.07, 6.45) is 6.23. The molecule has 134 valence electrons. The number of hydrogen-bond donors (Lipinski definition) is 0. The maximum Gasteiger partial charge on any atom is 0.153 e. The van der Waals surface area contributed by atoms with Crippen molar-refractivity contribution < 1.29 is 12.8 Å². The van der Waals surface area contributed by atoms with E-state index in [0.717, 1.165) is 23.0 Å². The van der Waals surface area contributed by atoms with Crippen molar-refractivity contribution in [3.8, 4) is 16.8 Å². The summed E-state index contributed by atoms with van der Waals surface area (Å²) in [6, 6.07) is 9.28. The Bertz CT molecular complexity index is 1020. The number of benzene rings is 1.